The highest BCUT2D eigenvalue weighted by molar-refractivity contribution is 5.99. The number of benzene rings is 2. The molecule has 2 N–H and O–H groups in total. The van der Waals surface area contributed by atoms with Crippen LogP contribution in [0.15, 0.2) is 42.6 Å². The molecule has 1 unspecified atom stereocenters. The Bertz CT molecular complexity index is 1320. The standard InChI is InChI=1S/C29H35N3O5/c1-18(28(34)31(2)3)32-17-23(13-20-9-10-22(29(35)36)15-26(20)37-4)24-14-21(11-12-25(24)32)27(33)30-16-19-7-5-6-8-19/h9-12,14-15,17-19H,5-8,13,16H2,1-4H3,(H,30,33)(H,35,36). The van der Waals surface area contributed by atoms with E-state index in [2.05, 4.69) is 5.32 Å². The number of fused-ring (bicyclic) bond motifs is 1. The molecule has 0 spiro atoms. The summed E-state index contributed by atoms with van der Waals surface area (Å²) in [4.78, 5) is 38.8. The van der Waals surface area contributed by atoms with Gasteiger partial charge in [-0.1, -0.05) is 18.9 Å². The summed E-state index contributed by atoms with van der Waals surface area (Å²) in [6.07, 6.45) is 7.16. The number of aromatic carboxylic acids is 1. The van der Waals surface area contributed by atoms with Crippen LogP contribution >= 0.6 is 0 Å². The fraction of sp³-hybridized carbons (Fsp3) is 0.414. The number of carbonyl (C=O) groups is 3. The molecule has 1 aliphatic carbocycles. The Morgan fingerprint density at radius 1 is 1.08 bits per heavy atom. The average molecular weight is 506 g/mol. The van der Waals surface area contributed by atoms with Gasteiger partial charge in [-0.05, 0) is 67.1 Å². The molecule has 196 valence electrons. The van der Waals surface area contributed by atoms with Gasteiger partial charge in [-0.25, -0.2) is 4.79 Å². The number of likely N-dealkylation sites (N-methyl/N-ethyl adjacent to an activating group) is 1. The molecule has 3 aromatic rings. The molecule has 2 amide bonds. The number of hydrogen-bond donors (Lipinski definition) is 2. The van der Waals surface area contributed by atoms with Crippen LogP contribution in [-0.4, -0.2) is 60.1 Å². The van der Waals surface area contributed by atoms with Gasteiger partial charge in [-0.15, -0.1) is 0 Å². The van der Waals surface area contributed by atoms with Crippen molar-refractivity contribution < 1.29 is 24.2 Å². The summed E-state index contributed by atoms with van der Waals surface area (Å²) >= 11 is 0. The van der Waals surface area contributed by atoms with Crippen molar-refractivity contribution in [1.82, 2.24) is 14.8 Å². The molecular weight excluding hydrogens is 470 g/mol. The van der Waals surface area contributed by atoms with Gasteiger partial charge in [0.2, 0.25) is 5.91 Å². The van der Waals surface area contributed by atoms with Crippen molar-refractivity contribution in [3.63, 3.8) is 0 Å². The number of carboxylic acid groups (broad SMARTS) is 1. The molecule has 1 aliphatic rings. The summed E-state index contributed by atoms with van der Waals surface area (Å²) in [7, 11) is 4.97. The minimum absolute atomic E-state index is 0.0368. The first kappa shape index (κ1) is 26.3. The second-order valence-electron chi connectivity index (χ2n) is 10.1. The van der Waals surface area contributed by atoms with Crippen molar-refractivity contribution in [1.29, 1.82) is 0 Å². The SMILES string of the molecule is COc1cc(C(=O)O)ccc1Cc1cn(C(C)C(=O)N(C)C)c2ccc(C(=O)NCC3CCCC3)cc12. The number of nitrogens with one attached hydrogen (secondary N) is 1. The Morgan fingerprint density at radius 3 is 2.43 bits per heavy atom. The monoisotopic (exact) mass is 505 g/mol. The Kier molecular flexibility index (Phi) is 7.86. The van der Waals surface area contributed by atoms with E-state index < -0.39 is 12.0 Å². The summed E-state index contributed by atoms with van der Waals surface area (Å²) in [6, 6.07) is 9.96. The third-order valence-corrected chi connectivity index (χ3v) is 7.33. The number of carbonyl (C=O) groups excluding carboxylic acids is 2. The van der Waals surface area contributed by atoms with Gasteiger partial charge in [0.05, 0.1) is 12.7 Å². The number of hydrogen-bond acceptors (Lipinski definition) is 4. The van der Waals surface area contributed by atoms with Crippen LogP contribution in [0.25, 0.3) is 10.9 Å². The zero-order valence-corrected chi connectivity index (χ0v) is 21.9. The number of methoxy groups -OCH3 is 1. The van der Waals surface area contributed by atoms with Crippen molar-refractivity contribution in [2.75, 3.05) is 27.7 Å². The summed E-state index contributed by atoms with van der Waals surface area (Å²) in [5.41, 5.74) is 3.30. The molecule has 0 bridgehead atoms. The Morgan fingerprint density at radius 2 is 1.78 bits per heavy atom. The molecule has 37 heavy (non-hydrogen) atoms. The lowest BCUT2D eigenvalue weighted by Crippen LogP contribution is -2.29. The number of amides is 2. The zero-order valence-electron chi connectivity index (χ0n) is 21.9. The Hall–Kier alpha value is -3.81. The fourth-order valence-electron chi connectivity index (χ4n) is 5.20. The molecule has 8 nitrogen and oxygen atoms in total. The second-order valence-corrected chi connectivity index (χ2v) is 10.1. The third-order valence-electron chi connectivity index (χ3n) is 7.33. The van der Waals surface area contributed by atoms with E-state index in [0.717, 1.165) is 34.9 Å². The maximum absolute atomic E-state index is 13.0. The largest absolute Gasteiger partial charge is 0.496 e. The van der Waals surface area contributed by atoms with Gasteiger partial charge in [-0.2, -0.15) is 0 Å². The maximum atomic E-state index is 13.0. The van der Waals surface area contributed by atoms with E-state index in [9.17, 15) is 19.5 Å². The highest BCUT2D eigenvalue weighted by Gasteiger charge is 2.23. The minimum atomic E-state index is -1.02. The van der Waals surface area contributed by atoms with E-state index in [-0.39, 0.29) is 17.4 Å². The average Bonchev–Trinajstić information content (AvgIpc) is 3.54. The van der Waals surface area contributed by atoms with E-state index in [1.807, 2.05) is 35.9 Å². The molecule has 1 heterocycles. The van der Waals surface area contributed by atoms with Crippen LogP contribution in [0.1, 0.15) is 70.5 Å². The zero-order chi connectivity index (χ0) is 26.7. The summed E-state index contributed by atoms with van der Waals surface area (Å²) in [6.45, 7) is 2.54. The lowest BCUT2D eigenvalue weighted by Gasteiger charge is -2.19. The van der Waals surface area contributed by atoms with Crippen LogP contribution in [0.2, 0.25) is 0 Å². The molecule has 0 aliphatic heterocycles. The predicted molar refractivity (Wildman–Crippen MR) is 142 cm³/mol. The number of carboxylic acids is 1. The number of nitrogens with zero attached hydrogens (tertiary/aromatic N) is 2. The summed E-state index contributed by atoms with van der Waals surface area (Å²) in [5, 5.41) is 13.3. The highest BCUT2D eigenvalue weighted by Crippen LogP contribution is 2.31. The number of ether oxygens (including phenoxy) is 1. The highest BCUT2D eigenvalue weighted by atomic mass is 16.5. The van der Waals surface area contributed by atoms with Gasteiger partial charge in [0.15, 0.2) is 0 Å². The smallest absolute Gasteiger partial charge is 0.335 e. The summed E-state index contributed by atoms with van der Waals surface area (Å²) < 4.78 is 7.43. The summed E-state index contributed by atoms with van der Waals surface area (Å²) in [5.74, 6) is -0.142. The van der Waals surface area contributed by atoms with Gasteiger partial charge in [0.1, 0.15) is 11.8 Å². The van der Waals surface area contributed by atoms with Crippen molar-refractivity contribution in [2.24, 2.45) is 5.92 Å². The van der Waals surface area contributed by atoms with E-state index in [1.165, 1.54) is 26.0 Å². The van der Waals surface area contributed by atoms with Crippen molar-refractivity contribution in [3.05, 3.63) is 64.8 Å². The molecule has 0 saturated heterocycles. The van der Waals surface area contributed by atoms with Crippen LogP contribution in [0, 0.1) is 5.92 Å². The lowest BCUT2D eigenvalue weighted by atomic mass is 10.0. The maximum Gasteiger partial charge on any atom is 0.335 e. The van der Waals surface area contributed by atoms with Gasteiger partial charge in [0, 0.05) is 49.7 Å². The fourth-order valence-corrected chi connectivity index (χ4v) is 5.20. The molecule has 1 fully saturated rings. The topological polar surface area (TPSA) is 101 Å². The van der Waals surface area contributed by atoms with Crippen molar-refractivity contribution in [3.8, 4) is 5.75 Å². The van der Waals surface area contributed by atoms with Gasteiger partial charge >= 0.3 is 5.97 Å². The first-order valence-corrected chi connectivity index (χ1v) is 12.7. The van der Waals surface area contributed by atoms with Crippen LogP contribution in [0.5, 0.6) is 5.75 Å². The third kappa shape index (κ3) is 5.63. The van der Waals surface area contributed by atoms with E-state index >= 15 is 0 Å². The predicted octanol–water partition coefficient (Wildman–Crippen LogP) is 4.51. The van der Waals surface area contributed by atoms with Crippen LogP contribution in [-0.2, 0) is 11.2 Å². The van der Waals surface area contributed by atoms with E-state index in [0.29, 0.717) is 30.2 Å². The Balaban J connectivity index is 1.72. The molecule has 1 atom stereocenters. The van der Waals surface area contributed by atoms with E-state index in [4.69, 9.17) is 4.74 Å². The first-order chi connectivity index (χ1) is 17.7. The van der Waals surface area contributed by atoms with Crippen molar-refractivity contribution >= 4 is 28.7 Å². The normalized spacial score (nSPS) is 14.5. The Labute approximate surface area is 217 Å². The first-order valence-electron chi connectivity index (χ1n) is 12.7. The second kappa shape index (κ2) is 11.1. The molecule has 4 rings (SSSR count). The molecule has 1 saturated carbocycles. The van der Waals surface area contributed by atoms with Gasteiger partial charge in [0.25, 0.3) is 5.91 Å². The van der Waals surface area contributed by atoms with Gasteiger partial charge < -0.3 is 24.6 Å². The quantitative estimate of drug-likeness (QED) is 0.446. The molecule has 1 aromatic heterocycles. The van der Waals surface area contributed by atoms with Crippen LogP contribution < -0.4 is 10.1 Å². The van der Waals surface area contributed by atoms with E-state index in [1.54, 1.807) is 31.1 Å². The molecular formula is C29H35N3O5. The number of rotatable bonds is 9. The molecule has 2 aromatic carbocycles. The van der Waals surface area contributed by atoms with Crippen molar-refractivity contribution in [2.45, 2.75) is 45.1 Å². The minimum Gasteiger partial charge on any atom is -0.496 e. The number of aromatic nitrogens is 1. The lowest BCUT2D eigenvalue weighted by molar-refractivity contribution is -0.131. The van der Waals surface area contributed by atoms with Crippen LogP contribution in [0.3, 0.4) is 0 Å². The van der Waals surface area contributed by atoms with Crippen LogP contribution in [0.4, 0.5) is 0 Å². The molecule has 8 heteroatoms. The molecule has 0 radical (unpaired) electrons. The van der Waals surface area contributed by atoms with Gasteiger partial charge in [-0.3, -0.25) is 9.59 Å².